The zero-order valence-corrected chi connectivity index (χ0v) is 17.1. The Balaban J connectivity index is 1.68. The van der Waals surface area contributed by atoms with Crippen LogP contribution in [0.2, 0.25) is 5.02 Å². The number of anilines is 1. The molecule has 0 spiro atoms. The van der Waals surface area contributed by atoms with Crippen LogP contribution in [0.4, 0.5) is 5.69 Å². The van der Waals surface area contributed by atoms with Crippen LogP contribution < -0.4 is 10.5 Å². The number of halogens is 1. The Morgan fingerprint density at radius 3 is 2.59 bits per heavy atom. The maximum Gasteiger partial charge on any atom is 0.239 e. The van der Waals surface area contributed by atoms with E-state index in [9.17, 15) is 13.2 Å². The highest BCUT2D eigenvalue weighted by molar-refractivity contribution is 7.89. The number of ketones is 1. The van der Waals surface area contributed by atoms with Gasteiger partial charge in [-0.1, -0.05) is 23.7 Å². The van der Waals surface area contributed by atoms with Gasteiger partial charge in [0.15, 0.2) is 5.78 Å². The summed E-state index contributed by atoms with van der Waals surface area (Å²) in [6, 6.07) is 13.6. The van der Waals surface area contributed by atoms with Crippen molar-refractivity contribution in [2.24, 2.45) is 5.14 Å². The molecule has 3 aromatic rings. The van der Waals surface area contributed by atoms with Crippen LogP contribution in [0.5, 0.6) is 0 Å². The maximum atomic E-state index is 12.9. The number of nitrogens with zero attached hydrogens (tertiary/aromatic N) is 1. The van der Waals surface area contributed by atoms with Crippen LogP contribution in [-0.2, 0) is 10.0 Å². The monoisotopic (exact) mass is 427 g/mol. The zero-order chi connectivity index (χ0) is 20.8. The Bertz CT molecular complexity index is 1240. The number of nitrogens with one attached hydrogen (secondary N) is 1. The smallest absolute Gasteiger partial charge is 0.239 e. The predicted octanol–water partition coefficient (Wildman–Crippen LogP) is 3.48. The lowest BCUT2D eigenvalue weighted by Crippen LogP contribution is -2.14. The summed E-state index contributed by atoms with van der Waals surface area (Å²) in [5, 5.41) is 8.51. The summed E-state index contributed by atoms with van der Waals surface area (Å²) < 4.78 is 23.4. The molecule has 0 fully saturated rings. The third-order valence-corrected chi connectivity index (χ3v) is 6.40. The molecule has 0 radical (unpaired) electrons. The molecule has 0 saturated heterocycles. The predicted molar refractivity (Wildman–Crippen MR) is 112 cm³/mol. The van der Waals surface area contributed by atoms with Crippen LogP contribution >= 0.6 is 11.6 Å². The van der Waals surface area contributed by atoms with Crippen LogP contribution in [0.1, 0.15) is 38.7 Å². The summed E-state index contributed by atoms with van der Waals surface area (Å²) in [5.41, 5.74) is 4.77. The van der Waals surface area contributed by atoms with Crippen molar-refractivity contribution in [3.8, 4) is 0 Å². The fourth-order valence-electron chi connectivity index (χ4n) is 3.59. The molecule has 1 aromatic heterocycles. The molecule has 0 bridgehead atoms. The van der Waals surface area contributed by atoms with E-state index < -0.39 is 10.0 Å². The second-order valence-corrected chi connectivity index (χ2v) is 8.92. The van der Waals surface area contributed by atoms with Gasteiger partial charge in [-0.2, -0.15) is 0 Å². The molecule has 0 amide bonds. The Morgan fingerprint density at radius 1 is 1.14 bits per heavy atom. The molecule has 4 rings (SSSR count). The minimum Gasteiger partial charge on any atom is -0.384 e. The molecular formula is C21H18ClN3O3S. The Morgan fingerprint density at radius 2 is 1.86 bits per heavy atom. The number of rotatable bonds is 4. The van der Waals surface area contributed by atoms with Crippen molar-refractivity contribution in [2.45, 2.75) is 17.7 Å². The van der Waals surface area contributed by atoms with Crippen molar-refractivity contribution < 1.29 is 13.2 Å². The lowest BCUT2D eigenvalue weighted by atomic mass is 9.92. The SMILES string of the molecule is Cc1cc(C2CNc3cc(C(=O)c4ccc(Cl)c(S(N)(=O)=O)c4)ccc32)ccn1. The molecular weight excluding hydrogens is 410 g/mol. The van der Waals surface area contributed by atoms with E-state index in [0.717, 1.165) is 23.5 Å². The lowest BCUT2D eigenvalue weighted by molar-refractivity contribution is 0.103. The highest BCUT2D eigenvalue weighted by Gasteiger charge is 2.25. The number of benzene rings is 2. The standard InChI is InChI=1S/C21H18ClN3O3S/c1-12-8-13(6-7-24-12)17-11-25-19-9-14(2-4-16(17)19)21(26)15-3-5-18(22)20(10-15)29(23,27)28/h2-10,17,25H,11H2,1H3,(H2,23,27,28). The fraction of sp³-hybridized carbons (Fsp3) is 0.143. The van der Waals surface area contributed by atoms with Gasteiger partial charge in [-0.15, -0.1) is 0 Å². The number of primary sulfonamides is 1. The van der Waals surface area contributed by atoms with Gasteiger partial charge in [0, 0.05) is 41.2 Å². The van der Waals surface area contributed by atoms with Crippen LogP contribution in [0.3, 0.4) is 0 Å². The van der Waals surface area contributed by atoms with Gasteiger partial charge < -0.3 is 5.32 Å². The third kappa shape index (κ3) is 3.76. The number of hydrogen-bond donors (Lipinski definition) is 2. The molecule has 2 heterocycles. The molecule has 1 aliphatic rings. The third-order valence-electron chi connectivity index (χ3n) is 5.01. The molecule has 1 unspecified atom stereocenters. The summed E-state index contributed by atoms with van der Waals surface area (Å²) in [5.74, 6) is -0.125. The average molecular weight is 428 g/mol. The molecule has 8 heteroatoms. The number of hydrogen-bond acceptors (Lipinski definition) is 5. The molecule has 3 N–H and O–H groups in total. The zero-order valence-electron chi connectivity index (χ0n) is 15.5. The first-order valence-electron chi connectivity index (χ1n) is 8.91. The first-order valence-corrected chi connectivity index (χ1v) is 10.8. The number of pyridine rings is 1. The Hall–Kier alpha value is -2.74. The van der Waals surface area contributed by atoms with Gasteiger partial charge in [-0.25, -0.2) is 13.6 Å². The van der Waals surface area contributed by atoms with E-state index in [0.29, 0.717) is 5.56 Å². The van der Waals surface area contributed by atoms with Crippen LogP contribution in [0.15, 0.2) is 59.6 Å². The van der Waals surface area contributed by atoms with Gasteiger partial charge in [0.2, 0.25) is 10.0 Å². The normalized spacial score (nSPS) is 15.6. The van der Waals surface area contributed by atoms with E-state index in [2.05, 4.69) is 16.4 Å². The quantitative estimate of drug-likeness (QED) is 0.620. The molecule has 29 heavy (non-hydrogen) atoms. The van der Waals surface area contributed by atoms with Gasteiger partial charge in [-0.05, 0) is 54.4 Å². The van der Waals surface area contributed by atoms with Crippen LogP contribution in [0, 0.1) is 6.92 Å². The number of carbonyl (C=O) groups excluding carboxylic acids is 1. The maximum absolute atomic E-state index is 12.9. The summed E-state index contributed by atoms with van der Waals surface area (Å²) in [4.78, 5) is 16.9. The van der Waals surface area contributed by atoms with E-state index in [4.69, 9.17) is 16.7 Å². The van der Waals surface area contributed by atoms with Crippen molar-refractivity contribution in [2.75, 3.05) is 11.9 Å². The van der Waals surface area contributed by atoms with E-state index in [1.54, 1.807) is 18.3 Å². The van der Waals surface area contributed by atoms with Crippen LogP contribution in [0.25, 0.3) is 0 Å². The number of nitrogens with two attached hydrogens (primary N) is 1. The fourth-order valence-corrected chi connectivity index (χ4v) is 4.66. The second-order valence-electron chi connectivity index (χ2n) is 6.99. The summed E-state index contributed by atoms with van der Waals surface area (Å²) in [6.45, 7) is 2.68. The Kier molecular flexibility index (Phi) is 4.90. The molecule has 6 nitrogen and oxygen atoms in total. The average Bonchev–Trinajstić information content (AvgIpc) is 3.10. The van der Waals surface area contributed by atoms with E-state index in [1.165, 1.54) is 23.8 Å². The number of fused-ring (bicyclic) bond motifs is 1. The van der Waals surface area contributed by atoms with Gasteiger partial charge in [0.05, 0.1) is 5.02 Å². The van der Waals surface area contributed by atoms with Crippen molar-refractivity contribution in [3.05, 3.63) is 87.7 Å². The van der Waals surface area contributed by atoms with Gasteiger partial charge in [-0.3, -0.25) is 9.78 Å². The van der Waals surface area contributed by atoms with Crippen molar-refractivity contribution >= 4 is 33.1 Å². The second kappa shape index (κ2) is 7.26. The largest absolute Gasteiger partial charge is 0.384 e. The van der Waals surface area contributed by atoms with Gasteiger partial charge in [0.25, 0.3) is 0 Å². The molecule has 1 atom stereocenters. The van der Waals surface area contributed by atoms with E-state index in [-0.39, 0.29) is 27.2 Å². The first-order chi connectivity index (χ1) is 13.7. The topological polar surface area (TPSA) is 102 Å². The highest BCUT2D eigenvalue weighted by atomic mass is 35.5. The number of aryl methyl sites for hydroxylation is 1. The number of carbonyl (C=O) groups is 1. The summed E-state index contributed by atoms with van der Waals surface area (Å²) in [6.07, 6.45) is 1.80. The van der Waals surface area contributed by atoms with Crippen molar-refractivity contribution in [3.63, 3.8) is 0 Å². The molecule has 0 saturated carbocycles. The minimum absolute atomic E-state index is 0.0184. The van der Waals surface area contributed by atoms with Gasteiger partial charge >= 0.3 is 0 Å². The molecule has 2 aromatic carbocycles. The highest BCUT2D eigenvalue weighted by Crippen LogP contribution is 2.37. The van der Waals surface area contributed by atoms with Crippen molar-refractivity contribution in [1.82, 2.24) is 4.98 Å². The van der Waals surface area contributed by atoms with Crippen LogP contribution in [-0.4, -0.2) is 25.7 Å². The van der Waals surface area contributed by atoms with E-state index >= 15 is 0 Å². The van der Waals surface area contributed by atoms with Crippen molar-refractivity contribution in [1.29, 1.82) is 0 Å². The number of sulfonamides is 1. The number of aromatic nitrogens is 1. The van der Waals surface area contributed by atoms with E-state index in [1.807, 2.05) is 19.1 Å². The minimum atomic E-state index is -4.02. The first kappa shape index (κ1) is 19.6. The summed E-state index contributed by atoms with van der Waals surface area (Å²) in [7, 11) is -4.02. The summed E-state index contributed by atoms with van der Waals surface area (Å²) >= 11 is 5.91. The molecule has 1 aliphatic heterocycles. The molecule has 148 valence electrons. The Labute approximate surface area is 173 Å². The molecule has 0 aliphatic carbocycles. The lowest BCUT2D eigenvalue weighted by Gasteiger charge is -2.12. The van der Waals surface area contributed by atoms with Gasteiger partial charge in [0.1, 0.15) is 4.90 Å².